The molecule has 1 aliphatic rings. The molecular formula is C26H39NO5. The summed E-state index contributed by atoms with van der Waals surface area (Å²) in [7, 11) is 0. The maximum Gasteiger partial charge on any atom is 0.220 e. The highest BCUT2D eigenvalue weighted by Gasteiger charge is 2.22. The minimum absolute atomic E-state index is 0.153. The number of aliphatic hydroxyl groups excluding tert-OH is 3. The van der Waals surface area contributed by atoms with Crippen molar-refractivity contribution in [2.45, 2.75) is 89.2 Å². The molecule has 1 amide bonds. The van der Waals surface area contributed by atoms with Crippen LogP contribution in [0.3, 0.4) is 0 Å². The average Bonchev–Trinajstić information content (AvgIpc) is 3.16. The Hall–Kier alpha value is -2.02. The number of rotatable bonds is 16. The fourth-order valence-electron chi connectivity index (χ4n) is 4.21. The normalized spacial score (nSPS) is 14.9. The van der Waals surface area contributed by atoms with E-state index in [0.29, 0.717) is 19.3 Å². The van der Waals surface area contributed by atoms with E-state index in [2.05, 4.69) is 17.4 Å². The van der Waals surface area contributed by atoms with Gasteiger partial charge in [-0.2, -0.15) is 0 Å². The molecule has 0 aliphatic heterocycles. The number of ketones is 1. The molecule has 1 aliphatic carbocycles. The van der Waals surface area contributed by atoms with Crippen LogP contribution >= 0.6 is 0 Å². The summed E-state index contributed by atoms with van der Waals surface area (Å²) in [5.74, 6) is 0.108. The fraction of sp³-hybridized carbons (Fsp3) is 0.615. The van der Waals surface area contributed by atoms with Crippen LogP contribution in [0.5, 0.6) is 0 Å². The third-order valence-electron chi connectivity index (χ3n) is 6.19. The van der Waals surface area contributed by atoms with Gasteiger partial charge in [-0.15, -0.1) is 0 Å². The number of hydrogen-bond acceptors (Lipinski definition) is 5. The van der Waals surface area contributed by atoms with Gasteiger partial charge in [-0.25, -0.2) is 0 Å². The molecule has 0 saturated carbocycles. The lowest BCUT2D eigenvalue weighted by Crippen LogP contribution is -2.39. The summed E-state index contributed by atoms with van der Waals surface area (Å²) in [5, 5.41) is 30.9. The van der Waals surface area contributed by atoms with Crippen LogP contribution in [0.2, 0.25) is 0 Å². The van der Waals surface area contributed by atoms with E-state index in [9.17, 15) is 14.7 Å². The van der Waals surface area contributed by atoms with Crippen molar-refractivity contribution >= 4 is 11.7 Å². The van der Waals surface area contributed by atoms with Crippen LogP contribution in [0.25, 0.3) is 0 Å². The van der Waals surface area contributed by atoms with Crippen molar-refractivity contribution in [3.63, 3.8) is 0 Å². The number of nitrogens with one attached hydrogen (secondary N) is 1. The topological polar surface area (TPSA) is 107 Å². The summed E-state index contributed by atoms with van der Waals surface area (Å²) in [5.41, 5.74) is 3.44. The van der Waals surface area contributed by atoms with Gasteiger partial charge in [-0.3, -0.25) is 9.59 Å². The molecule has 6 nitrogen and oxygen atoms in total. The van der Waals surface area contributed by atoms with E-state index in [1.165, 1.54) is 11.1 Å². The molecule has 6 heteroatoms. The Morgan fingerprint density at radius 1 is 0.906 bits per heavy atom. The van der Waals surface area contributed by atoms with Gasteiger partial charge in [0.2, 0.25) is 5.91 Å². The standard InChI is InChI=1S/C26H39NO5/c28-18-22(19-29)27-26(32)11-7-2-1-6-10-24-21(14-17-25(24)31)13-16-23(30)15-12-20-8-4-3-5-9-20/h3-5,8-9,22-23,28-30H,1-2,6-7,10-19H2,(H,27,32)/t23-/m0/s1. The van der Waals surface area contributed by atoms with Crippen molar-refractivity contribution in [1.29, 1.82) is 0 Å². The van der Waals surface area contributed by atoms with Gasteiger partial charge in [0.05, 0.1) is 25.4 Å². The number of allylic oxidation sites excluding steroid dienone is 2. The summed E-state index contributed by atoms with van der Waals surface area (Å²) in [4.78, 5) is 24.0. The zero-order chi connectivity index (χ0) is 23.2. The second-order valence-corrected chi connectivity index (χ2v) is 8.77. The number of benzene rings is 1. The van der Waals surface area contributed by atoms with Gasteiger partial charge in [0.25, 0.3) is 0 Å². The maximum absolute atomic E-state index is 12.3. The highest BCUT2D eigenvalue weighted by molar-refractivity contribution is 5.98. The fourth-order valence-corrected chi connectivity index (χ4v) is 4.21. The molecule has 1 atom stereocenters. The number of carbonyl (C=O) groups is 2. The summed E-state index contributed by atoms with van der Waals surface area (Å²) >= 11 is 0. The number of aryl methyl sites for hydroxylation is 1. The molecule has 0 radical (unpaired) electrons. The molecule has 4 N–H and O–H groups in total. The minimum Gasteiger partial charge on any atom is -0.394 e. The van der Waals surface area contributed by atoms with Crippen molar-refractivity contribution in [1.82, 2.24) is 5.32 Å². The van der Waals surface area contributed by atoms with Gasteiger partial charge in [-0.1, -0.05) is 48.7 Å². The molecule has 2 rings (SSSR count). The first-order chi connectivity index (χ1) is 15.5. The molecule has 0 heterocycles. The first-order valence-electron chi connectivity index (χ1n) is 12.0. The van der Waals surface area contributed by atoms with Crippen molar-refractivity contribution in [2.24, 2.45) is 0 Å². The third-order valence-corrected chi connectivity index (χ3v) is 6.19. The molecular weight excluding hydrogens is 406 g/mol. The van der Waals surface area contributed by atoms with E-state index in [-0.39, 0.29) is 31.0 Å². The molecule has 1 aromatic carbocycles. The summed E-state index contributed by atoms with van der Waals surface area (Å²) in [6, 6.07) is 9.60. The van der Waals surface area contributed by atoms with Crippen molar-refractivity contribution < 1.29 is 24.9 Å². The Morgan fingerprint density at radius 2 is 1.59 bits per heavy atom. The second-order valence-electron chi connectivity index (χ2n) is 8.77. The number of carbonyl (C=O) groups excluding carboxylic acids is 2. The monoisotopic (exact) mass is 445 g/mol. The Labute approximate surface area is 191 Å². The van der Waals surface area contributed by atoms with Gasteiger partial charge in [-0.05, 0) is 62.5 Å². The second kappa shape index (κ2) is 14.9. The SMILES string of the molecule is O=C(CCCCCCC1=C(CC[C@@H](O)CCc2ccccc2)CCC1=O)NC(CO)CO. The van der Waals surface area contributed by atoms with E-state index >= 15 is 0 Å². The quantitative estimate of drug-likeness (QED) is 0.292. The lowest BCUT2D eigenvalue weighted by molar-refractivity contribution is -0.122. The third kappa shape index (κ3) is 9.63. The van der Waals surface area contributed by atoms with Crippen LogP contribution in [0.4, 0.5) is 0 Å². The van der Waals surface area contributed by atoms with E-state index in [1.807, 2.05) is 18.2 Å². The first kappa shape index (κ1) is 26.2. The molecule has 0 bridgehead atoms. The number of aliphatic hydroxyl groups is 3. The highest BCUT2D eigenvalue weighted by atomic mass is 16.3. The summed E-state index contributed by atoms with van der Waals surface area (Å²) < 4.78 is 0. The Kier molecular flexibility index (Phi) is 12.2. The van der Waals surface area contributed by atoms with Gasteiger partial charge in [0.15, 0.2) is 5.78 Å². The van der Waals surface area contributed by atoms with Gasteiger partial charge < -0.3 is 20.6 Å². The van der Waals surface area contributed by atoms with Crippen LogP contribution in [0.1, 0.15) is 76.2 Å². The smallest absolute Gasteiger partial charge is 0.220 e. The molecule has 0 fully saturated rings. The summed E-state index contributed by atoms with van der Waals surface area (Å²) in [6.45, 7) is -0.532. The number of Topliss-reactive ketones (excluding diaryl/α,β-unsaturated/α-hetero) is 1. The highest BCUT2D eigenvalue weighted by Crippen LogP contribution is 2.31. The van der Waals surface area contributed by atoms with E-state index < -0.39 is 6.04 Å². The number of unbranched alkanes of at least 4 members (excludes halogenated alkanes) is 3. The Balaban J connectivity index is 1.64. The molecule has 0 unspecified atom stereocenters. The van der Waals surface area contributed by atoms with Crippen LogP contribution in [0.15, 0.2) is 41.5 Å². The van der Waals surface area contributed by atoms with E-state index in [1.54, 1.807) is 0 Å². The van der Waals surface area contributed by atoms with Crippen LogP contribution in [-0.4, -0.2) is 52.4 Å². The minimum atomic E-state index is -0.585. The van der Waals surface area contributed by atoms with Crippen LogP contribution in [-0.2, 0) is 16.0 Å². The van der Waals surface area contributed by atoms with Crippen molar-refractivity contribution in [2.75, 3.05) is 13.2 Å². The number of hydrogen-bond donors (Lipinski definition) is 4. The van der Waals surface area contributed by atoms with Crippen LogP contribution < -0.4 is 5.32 Å². The Morgan fingerprint density at radius 3 is 2.31 bits per heavy atom. The van der Waals surface area contributed by atoms with Crippen molar-refractivity contribution in [3.05, 3.63) is 47.0 Å². The lowest BCUT2D eigenvalue weighted by atomic mass is 9.97. The predicted molar refractivity (Wildman–Crippen MR) is 125 cm³/mol. The maximum atomic E-state index is 12.3. The zero-order valence-electron chi connectivity index (χ0n) is 19.1. The molecule has 178 valence electrons. The summed E-state index contributed by atoms with van der Waals surface area (Å²) in [6.07, 6.45) is 8.91. The largest absolute Gasteiger partial charge is 0.394 e. The molecule has 32 heavy (non-hydrogen) atoms. The zero-order valence-corrected chi connectivity index (χ0v) is 19.1. The van der Waals surface area contributed by atoms with Gasteiger partial charge in [0, 0.05) is 12.8 Å². The van der Waals surface area contributed by atoms with Crippen molar-refractivity contribution in [3.8, 4) is 0 Å². The molecule has 0 spiro atoms. The molecule has 0 aromatic heterocycles. The van der Waals surface area contributed by atoms with Gasteiger partial charge >= 0.3 is 0 Å². The van der Waals surface area contributed by atoms with Gasteiger partial charge in [0.1, 0.15) is 0 Å². The molecule has 1 aromatic rings. The lowest BCUT2D eigenvalue weighted by Gasteiger charge is -2.13. The predicted octanol–water partition coefficient (Wildman–Crippen LogP) is 3.23. The Bertz CT molecular complexity index is 727. The van der Waals surface area contributed by atoms with E-state index in [4.69, 9.17) is 10.2 Å². The molecule has 0 saturated heterocycles. The first-order valence-corrected chi connectivity index (χ1v) is 12.0. The van der Waals surface area contributed by atoms with E-state index in [0.717, 1.165) is 63.4 Å². The average molecular weight is 446 g/mol. The van der Waals surface area contributed by atoms with Crippen LogP contribution in [0, 0.1) is 0 Å². The number of amides is 1.